The zero-order valence-corrected chi connectivity index (χ0v) is 19.0. The lowest BCUT2D eigenvalue weighted by molar-refractivity contribution is -0.139. The van der Waals surface area contributed by atoms with Gasteiger partial charge in [-0.25, -0.2) is 22.2 Å². The summed E-state index contributed by atoms with van der Waals surface area (Å²) in [5.41, 5.74) is -0.832. The first-order valence-electron chi connectivity index (χ1n) is 10.2. The Hall–Kier alpha value is -2.99. The van der Waals surface area contributed by atoms with Crippen molar-refractivity contribution in [1.29, 1.82) is 0 Å². The van der Waals surface area contributed by atoms with Crippen molar-refractivity contribution in [3.63, 3.8) is 0 Å². The number of nitrogens with zero attached hydrogens (tertiary/aromatic N) is 3. The van der Waals surface area contributed by atoms with Crippen LogP contribution in [-0.4, -0.2) is 41.4 Å². The fraction of sp³-hybridized carbons (Fsp3) is 0.318. The average Bonchev–Trinajstić information content (AvgIpc) is 3.33. The van der Waals surface area contributed by atoms with Crippen LogP contribution in [0.2, 0.25) is 0 Å². The molecule has 0 unspecified atom stereocenters. The molecule has 0 saturated carbocycles. The van der Waals surface area contributed by atoms with Gasteiger partial charge in [0, 0.05) is 37.8 Å². The maximum atomic E-state index is 13.7. The highest BCUT2D eigenvalue weighted by Gasteiger charge is 2.42. The smallest absolute Gasteiger partial charge is 0.380 e. The van der Waals surface area contributed by atoms with Gasteiger partial charge in [0.25, 0.3) is 10.0 Å². The van der Waals surface area contributed by atoms with Crippen LogP contribution in [0.1, 0.15) is 22.9 Å². The van der Waals surface area contributed by atoms with Crippen LogP contribution in [0.25, 0.3) is 0 Å². The van der Waals surface area contributed by atoms with E-state index in [9.17, 15) is 30.4 Å². The number of alkyl halides is 3. The summed E-state index contributed by atoms with van der Waals surface area (Å²) in [6, 6.07) is 7.32. The van der Waals surface area contributed by atoms with Crippen molar-refractivity contribution in [2.45, 2.75) is 30.1 Å². The minimum atomic E-state index is -4.89. The largest absolute Gasteiger partial charge is 0.419 e. The first-order valence-corrected chi connectivity index (χ1v) is 11.7. The van der Waals surface area contributed by atoms with E-state index in [-0.39, 0.29) is 23.8 Å². The summed E-state index contributed by atoms with van der Waals surface area (Å²) in [5, 5.41) is 2.90. The van der Waals surface area contributed by atoms with Crippen LogP contribution in [-0.2, 0) is 23.2 Å². The van der Waals surface area contributed by atoms with E-state index in [1.165, 1.54) is 39.3 Å². The van der Waals surface area contributed by atoms with Crippen molar-refractivity contribution < 1.29 is 30.4 Å². The third-order valence-corrected chi connectivity index (χ3v) is 7.88. The molecule has 2 aromatic carbocycles. The summed E-state index contributed by atoms with van der Waals surface area (Å²) in [6.45, 7) is 1.58. The first kappa shape index (κ1) is 24.1. The minimum absolute atomic E-state index is 0.00316. The van der Waals surface area contributed by atoms with Crippen molar-refractivity contribution in [3.8, 4) is 0 Å². The fourth-order valence-electron chi connectivity index (χ4n) is 4.06. The van der Waals surface area contributed by atoms with Crippen molar-refractivity contribution in [2.24, 2.45) is 7.05 Å². The Balaban J connectivity index is 1.69. The second kappa shape index (κ2) is 8.66. The molecule has 0 bridgehead atoms. The van der Waals surface area contributed by atoms with Gasteiger partial charge in [0.1, 0.15) is 17.5 Å². The topological polar surface area (TPSA) is 67.2 Å². The van der Waals surface area contributed by atoms with Gasteiger partial charge in [-0.2, -0.15) is 17.5 Å². The molecule has 1 aromatic heterocycles. The van der Waals surface area contributed by atoms with Crippen molar-refractivity contribution >= 4 is 15.7 Å². The molecule has 1 N–H and O–H groups in total. The Kier molecular flexibility index (Phi) is 6.15. The van der Waals surface area contributed by atoms with Gasteiger partial charge >= 0.3 is 6.18 Å². The van der Waals surface area contributed by atoms with Crippen LogP contribution in [0.4, 0.5) is 27.6 Å². The summed E-state index contributed by atoms with van der Waals surface area (Å²) >= 11 is 0. The molecule has 182 valence electrons. The molecule has 2 atom stereocenters. The number of aromatic nitrogens is 2. The van der Waals surface area contributed by atoms with Gasteiger partial charge in [0.15, 0.2) is 5.03 Å². The highest BCUT2D eigenvalue weighted by atomic mass is 32.2. The summed E-state index contributed by atoms with van der Waals surface area (Å²) in [5.74, 6) is -1.90. The van der Waals surface area contributed by atoms with Crippen molar-refractivity contribution in [3.05, 3.63) is 77.2 Å². The van der Waals surface area contributed by atoms with Gasteiger partial charge in [-0.1, -0.05) is 12.1 Å². The number of aryl methyl sites for hydroxylation is 1. The molecule has 1 saturated heterocycles. The van der Waals surface area contributed by atoms with Crippen molar-refractivity contribution in [1.82, 2.24) is 13.9 Å². The number of benzene rings is 2. The molecular formula is C22H21F5N4O2S. The molecule has 3 aromatic rings. The molecule has 0 radical (unpaired) electrons. The normalized spacial score (nSPS) is 19.5. The van der Waals surface area contributed by atoms with Crippen LogP contribution >= 0.6 is 0 Å². The number of sulfonamides is 1. The lowest BCUT2D eigenvalue weighted by Crippen LogP contribution is -2.33. The van der Waals surface area contributed by atoms with Crippen LogP contribution in [0, 0.1) is 18.6 Å². The molecule has 1 aliphatic rings. The van der Waals surface area contributed by atoms with Gasteiger partial charge in [-0.3, -0.25) is 0 Å². The number of anilines is 1. The molecule has 2 heterocycles. The molecule has 6 nitrogen and oxygen atoms in total. The second-order valence-corrected chi connectivity index (χ2v) is 10.0. The van der Waals surface area contributed by atoms with Crippen LogP contribution < -0.4 is 5.32 Å². The van der Waals surface area contributed by atoms with Gasteiger partial charge in [0.2, 0.25) is 0 Å². The zero-order chi connectivity index (χ0) is 24.8. The van der Waals surface area contributed by atoms with Gasteiger partial charge in [-0.05, 0) is 42.8 Å². The minimum Gasteiger partial charge on any atom is -0.380 e. The predicted octanol–water partition coefficient (Wildman–Crippen LogP) is 4.29. The quantitative estimate of drug-likeness (QED) is 0.531. The number of hydrogen-bond donors (Lipinski definition) is 1. The average molecular weight is 500 g/mol. The Labute approximate surface area is 193 Å². The third kappa shape index (κ3) is 4.51. The summed E-state index contributed by atoms with van der Waals surface area (Å²) < 4.78 is 96.0. The highest BCUT2D eigenvalue weighted by Crippen LogP contribution is 2.36. The Morgan fingerprint density at radius 3 is 2.32 bits per heavy atom. The summed E-state index contributed by atoms with van der Waals surface area (Å²) in [6.07, 6.45) is -3.64. The molecule has 12 heteroatoms. The Bertz CT molecular complexity index is 1310. The molecule has 0 spiro atoms. The highest BCUT2D eigenvalue weighted by molar-refractivity contribution is 7.89. The number of imidazole rings is 1. The third-order valence-electron chi connectivity index (χ3n) is 5.99. The molecule has 4 rings (SSSR count). The van der Waals surface area contributed by atoms with E-state index in [0.717, 1.165) is 6.07 Å². The number of rotatable bonds is 5. The van der Waals surface area contributed by atoms with Crippen molar-refractivity contribution in [2.75, 3.05) is 18.4 Å². The zero-order valence-electron chi connectivity index (χ0n) is 18.1. The van der Waals surface area contributed by atoms with Gasteiger partial charge in [-0.15, -0.1) is 0 Å². The number of hydrogen-bond acceptors (Lipinski definition) is 4. The summed E-state index contributed by atoms with van der Waals surface area (Å²) in [4.78, 5) is 4.03. The predicted molar refractivity (Wildman–Crippen MR) is 115 cm³/mol. The van der Waals surface area contributed by atoms with E-state index in [2.05, 4.69) is 10.3 Å². The van der Waals surface area contributed by atoms with Crippen LogP contribution in [0.15, 0.2) is 53.7 Å². The van der Waals surface area contributed by atoms with Crippen LogP contribution in [0.5, 0.6) is 0 Å². The monoisotopic (exact) mass is 500 g/mol. The molecule has 34 heavy (non-hydrogen) atoms. The van der Waals surface area contributed by atoms with Crippen LogP contribution in [0.3, 0.4) is 0 Å². The van der Waals surface area contributed by atoms with Gasteiger partial charge < -0.3 is 9.88 Å². The summed E-state index contributed by atoms with van der Waals surface area (Å²) in [7, 11) is -2.42. The number of nitrogens with one attached hydrogen (secondary N) is 1. The molecule has 1 fully saturated rings. The van der Waals surface area contributed by atoms with Gasteiger partial charge in [0.05, 0.1) is 11.8 Å². The fourth-order valence-corrected chi connectivity index (χ4v) is 5.70. The second-order valence-electron chi connectivity index (χ2n) is 8.13. The SMILES string of the molecule is Cc1ncc(S(=O)(=O)N2C[C@H](Nc3ccc(F)c(C(F)(F)F)c3)[C@@H](c3ccc(F)cc3)C2)n1C. The standard InChI is InChI=1S/C22H21F5N4O2S/c1-13-28-10-21(30(13)2)34(32,33)31-11-17(14-3-5-15(23)6-4-14)20(12-31)29-16-7-8-19(24)18(9-16)22(25,26)27/h3-10,17,20,29H,11-12H2,1-2H3/t17-,20+/m1/s1. The van der Waals surface area contributed by atoms with E-state index < -0.39 is 45.4 Å². The molecule has 0 amide bonds. The molecule has 1 aliphatic heterocycles. The van der Waals surface area contributed by atoms with E-state index in [0.29, 0.717) is 23.5 Å². The lowest BCUT2D eigenvalue weighted by atomic mass is 9.94. The molecule has 0 aliphatic carbocycles. The van der Waals surface area contributed by atoms with E-state index in [1.54, 1.807) is 14.0 Å². The maximum absolute atomic E-state index is 13.7. The van der Waals surface area contributed by atoms with E-state index in [4.69, 9.17) is 0 Å². The number of halogens is 5. The Morgan fingerprint density at radius 1 is 1.06 bits per heavy atom. The maximum Gasteiger partial charge on any atom is 0.419 e. The first-order chi connectivity index (χ1) is 15.9. The molecular weight excluding hydrogens is 479 g/mol. The lowest BCUT2D eigenvalue weighted by Gasteiger charge is -2.22. The van der Waals surface area contributed by atoms with E-state index >= 15 is 0 Å². The Morgan fingerprint density at radius 2 is 1.74 bits per heavy atom. The van der Waals surface area contributed by atoms with E-state index in [1.807, 2.05) is 0 Å².